The molecule has 0 aliphatic heterocycles. The van der Waals surface area contributed by atoms with E-state index in [4.69, 9.17) is 9.47 Å². The number of esters is 2. The molecule has 0 heterocycles. The van der Waals surface area contributed by atoms with E-state index in [0.29, 0.717) is 12.5 Å². The summed E-state index contributed by atoms with van der Waals surface area (Å²) in [5, 5.41) is 0. The molecule has 1 atom stereocenters. The standard InChI is InChI=1S/C24H46O4/c1-5-6-7-8-9-10-11-12-13-14-20-27-23(25)18-19-24(26)28-22(4)17-15-16-21(2)3/h21-22H,5-20H2,1-4H3. The molecule has 0 amide bonds. The van der Waals surface area contributed by atoms with Crippen molar-refractivity contribution < 1.29 is 19.1 Å². The van der Waals surface area contributed by atoms with E-state index in [0.717, 1.165) is 32.1 Å². The molecule has 0 aliphatic rings. The van der Waals surface area contributed by atoms with Crippen LogP contribution in [0.25, 0.3) is 0 Å². The molecule has 4 heteroatoms. The molecule has 1 unspecified atom stereocenters. The van der Waals surface area contributed by atoms with Crippen LogP contribution in [0.1, 0.15) is 124 Å². The Morgan fingerprint density at radius 3 is 1.79 bits per heavy atom. The van der Waals surface area contributed by atoms with Crippen molar-refractivity contribution in [2.24, 2.45) is 5.92 Å². The highest BCUT2D eigenvalue weighted by atomic mass is 16.5. The van der Waals surface area contributed by atoms with Gasteiger partial charge >= 0.3 is 11.9 Å². The summed E-state index contributed by atoms with van der Waals surface area (Å²) in [5.41, 5.74) is 0. The molecular formula is C24H46O4. The summed E-state index contributed by atoms with van der Waals surface area (Å²) in [6.45, 7) is 9.02. The summed E-state index contributed by atoms with van der Waals surface area (Å²) < 4.78 is 10.6. The molecule has 166 valence electrons. The zero-order chi connectivity index (χ0) is 21.0. The molecule has 0 fully saturated rings. The lowest BCUT2D eigenvalue weighted by Crippen LogP contribution is -2.16. The molecule has 4 nitrogen and oxygen atoms in total. The maximum Gasteiger partial charge on any atom is 0.306 e. The molecule has 0 aliphatic carbocycles. The maximum atomic E-state index is 11.8. The molecular weight excluding hydrogens is 352 g/mol. The molecule has 0 spiro atoms. The summed E-state index contributed by atoms with van der Waals surface area (Å²) in [4.78, 5) is 23.5. The van der Waals surface area contributed by atoms with E-state index in [1.165, 1.54) is 51.4 Å². The van der Waals surface area contributed by atoms with Gasteiger partial charge in [0.05, 0.1) is 25.6 Å². The molecule has 28 heavy (non-hydrogen) atoms. The van der Waals surface area contributed by atoms with Crippen LogP contribution in [0.4, 0.5) is 0 Å². The van der Waals surface area contributed by atoms with Crippen LogP contribution in [0.5, 0.6) is 0 Å². The fourth-order valence-corrected chi connectivity index (χ4v) is 3.21. The molecule has 0 N–H and O–H groups in total. The Morgan fingerprint density at radius 1 is 0.679 bits per heavy atom. The van der Waals surface area contributed by atoms with Gasteiger partial charge in [0, 0.05) is 0 Å². The molecule has 0 saturated heterocycles. The fraction of sp³-hybridized carbons (Fsp3) is 0.917. The van der Waals surface area contributed by atoms with Crippen molar-refractivity contribution in [1.29, 1.82) is 0 Å². The first-order chi connectivity index (χ1) is 13.5. The first-order valence-corrected chi connectivity index (χ1v) is 11.8. The van der Waals surface area contributed by atoms with Gasteiger partial charge in [-0.3, -0.25) is 9.59 Å². The van der Waals surface area contributed by atoms with E-state index in [9.17, 15) is 9.59 Å². The first kappa shape index (κ1) is 26.9. The van der Waals surface area contributed by atoms with Crippen molar-refractivity contribution in [3.8, 4) is 0 Å². The first-order valence-electron chi connectivity index (χ1n) is 11.8. The highest BCUT2D eigenvalue weighted by Crippen LogP contribution is 2.12. The lowest BCUT2D eigenvalue weighted by molar-refractivity contribution is -0.153. The van der Waals surface area contributed by atoms with Crippen LogP contribution in [-0.2, 0) is 19.1 Å². The summed E-state index contributed by atoms with van der Waals surface area (Å²) in [6, 6.07) is 0. The quantitative estimate of drug-likeness (QED) is 0.174. The van der Waals surface area contributed by atoms with Gasteiger partial charge in [-0.2, -0.15) is 0 Å². The highest BCUT2D eigenvalue weighted by Gasteiger charge is 2.12. The van der Waals surface area contributed by atoms with E-state index < -0.39 is 0 Å². The second kappa shape index (κ2) is 19.3. The van der Waals surface area contributed by atoms with Crippen LogP contribution in [0.15, 0.2) is 0 Å². The Hall–Kier alpha value is -1.06. The van der Waals surface area contributed by atoms with E-state index in [-0.39, 0.29) is 30.9 Å². The second-order valence-electron chi connectivity index (χ2n) is 8.53. The van der Waals surface area contributed by atoms with Gasteiger partial charge in [-0.1, -0.05) is 85.0 Å². The van der Waals surface area contributed by atoms with Gasteiger partial charge in [0.2, 0.25) is 0 Å². The summed E-state index contributed by atoms with van der Waals surface area (Å²) >= 11 is 0. The van der Waals surface area contributed by atoms with Crippen molar-refractivity contribution in [3.63, 3.8) is 0 Å². The van der Waals surface area contributed by atoms with Gasteiger partial charge in [-0.25, -0.2) is 0 Å². The minimum atomic E-state index is -0.298. The summed E-state index contributed by atoms with van der Waals surface area (Å²) in [5.74, 6) is 0.0847. The largest absolute Gasteiger partial charge is 0.466 e. The number of unbranched alkanes of at least 4 members (excludes halogenated alkanes) is 9. The predicted octanol–water partition coefficient (Wildman–Crippen LogP) is 6.99. The predicted molar refractivity (Wildman–Crippen MR) is 116 cm³/mol. The van der Waals surface area contributed by atoms with Crippen LogP contribution in [0.2, 0.25) is 0 Å². The molecule has 0 bridgehead atoms. The van der Waals surface area contributed by atoms with Crippen LogP contribution in [-0.4, -0.2) is 24.6 Å². The van der Waals surface area contributed by atoms with E-state index in [2.05, 4.69) is 20.8 Å². The fourth-order valence-electron chi connectivity index (χ4n) is 3.21. The molecule has 0 aromatic rings. The highest BCUT2D eigenvalue weighted by molar-refractivity contribution is 5.77. The number of hydrogen-bond acceptors (Lipinski definition) is 4. The van der Waals surface area contributed by atoms with Crippen molar-refractivity contribution >= 4 is 11.9 Å². The number of rotatable bonds is 19. The number of hydrogen-bond donors (Lipinski definition) is 0. The average Bonchev–Trinajstić information content (AvgIpc) is 2.64. The number of ether oxygens (including phenoxy) is 2. The minimum Gasteiger partial charge on any atom is -0.466 e. The van der Waals surface area contributed by atoms with Gasteiger partial charge in [-0.15, -0.1) is 0 Å². The Balaban J connectivity index is 3.46. The third kappa shape index (κ3) is 19.7. The van der Waals surface area contributed by atoms with Gasteiger partial charge in [-0.05, 0) is 32.1 Å². The van der Waals surface area contributed by atoms with Crippen LogP contribution in [0, 0.1) is 5.92 Å². The number of carbonyl (C=O) groups is 2. The zero-order valence-corrected chi connectivity index (χ0v) is 19.1. The lowest BCUT2D eigenvalue weighted by Gasteiger charge is -2.13. The van der Waals surface area contributed by atoms with Crippen molar-refractivity contribution in [2.75, 3.05) is 6.61 Å². The van der Waals surface area contributed by atoms with Gasteiger partial charge < -0.3 is 9.47 Å². The van der Waals surface area contributed by atoms with Gasteiger partial charge in [0.15, 0.2) is 0 Å². The smallest absolute Gasteiger partial charge is 0.306 e. The van der Waals surface area contributed by atoms with Crippen molar-refractivity contribution in [3.05, 3.63) is 0 Å². The molecule has 0 aromatic heterocycles. The normalized spacial score (nSPS) is 12.2. The average molecular weight is 399 g/mol. The number of carbonyl (C=O) groups excluding carboxylic acids is 2. The Bertz CT molecular complexity index is 379. The van der Waals surface area contributed by atoms with Crippen molar-refractivity contribution in [2.45, 2.75) is 130 Å². The lowest BCUT2D eigenvalue weighted by atomic mass is 10.0. The summed E-state index contributed by atoms with van der Waals surface area (Å²) in [7, 11) is 0. The van der Waals surface area contributed by atoms with Gasteiger partial charge in [0.1, 0.15) is 0 Å². The minimum absolute atomic E-state index is 0.0751. The molecule has 0 rings (SSSR count). The van der Waals surface area contributed by atoms with Gasteiger partial charge in [0.25, 0.3) is 0 Å². The summed E-state index contributed by atoms with van der Waals surface area (Å²) in [6.07, 6.45) is 15.8. The van der Waals surface area contributed by atoms with E-state index in [1.807, 2.05) is 6.92 Å². The zero-order valence-electron chi connectivity index (χ0n) is 19.1. The third-order valence-electron chi connectivity index (χ3n) is 5.02. The SMILES string of the molecule is CCCCCCCCCCCCOC(=O)CCC(=O)OC(C)CCCC(C)C. The topological polar surface area (TPSA) is 52.6 Å². The van der Waals surface area contributed by atoms with Crippen LogP contribution < -0.4 is 0 Å². The third-order valence-corrected chi connectivity index (χ3v) is 5.02. The van der Waals surface area contributed by atoms with Crippen molar-refractivity contribution in [1.82, 2.24) is 0 Å². The van der Waals surface area contributed by atoms with Crippen LogP contribution >= 0.6 is 0 Å². The Kier molecular flexibility index (Phi) is 18.5. The molecule has 0 radical (unpaired) electrons. The second-order valence-corrected chi connectivity index (χ2v) is 8.53. The Labute approximate surface area is 174 Å². The molecule has 0 saturated carbocycles. The van der Waals surface area contributed by atoms with Crippen LogP contribution in [0.3, 0.4) is 0 Å². The molecule has 0 aromatic carbocycles. The monoisotopic (exact) mass is 398 g/mol. The van der Waals surface area contributed by atoms with E-state index in [1.54, 1.807) is 0 Å². The Morgan fingerprint density at radius 2 is 1.21 bits per heavy atom. The van der Waals surface area contributed by atoms with E-state index >= 15 is 0 Å². The maximum absolute atomic E-state index is 11.8.